The lowest BCUT2D eigenvalue weighted by Gasteiger charge is -2.10. The summed E-state index contributed by atoms with van der Waals surface area (Å²) < 4.78 is 1.88. The number of carbonyl (C=O) groups excluding carboxylic acids is 1. The summed E-state index contributed by atoms with van der Waals surface area (Å²) >= 11 is 0. The van der Waals surface area contributed by atoms with E-state index in [-0.39, 0.29) is 11.9 Å². The Kier molecular flexibility index (Phi) is 5.12. The topological polar surface area (TPSA) is 59.8 Å². The van der Waals surface area contributed by atoms with E-state index in [0.717, 1.165) is 29.6 Å². The molecule has 0 aliphatic heterocycles. The van der Waals surface area contributed by atoms with Crippen LogP contribution in [0.3, 0.4) is 0 Å². The van der Waals surface area contributed by atoms with Gasteiger partial charge in [-0.15, -0.1) is 0 Å². The van der Waals surface area contributed by atoms with Crippen molar-refractivity contribution in [3.63, 3.8) is 0 Å². The Morgan fingerprint density at radius 2 is 2.00 bits per heavy atom. The zero-order valence-corrected chi connectivity index (χ0v) is 15.0. The molecule has 1 N–H and O–H groups in total. The van der Waals surface area contributed by atoms with Crippen molar-refractivity contribution < 1.29 is 4.79 Å². The first-order valence-corrected chi connectivity index (χ1v) is 8.73. The van der Waals surface area contributed by atoms with Crippen molar-refractivity contribution in [3.05, 3.63) is 59.4 Å². The highest BCUT2D eigenvalue weighted by atomic mass is 16.1. The van der Waals surface area contributed by atoms with Gasteiger partial charge in [-0.1, -0.05) is 30.3 Å². The monoisotopic (exact) mass is 336 g/mol. The molecular weight excluding hydrogens is 312 g/mol. The number of nitrogens with zero attached hydrogens (tertiary/aromatic N) is 3. The summed E-state index contributed by atoms with van der Waals surface area (Å²) in [4.78, 5) is 17.1. The summed E-state index contributed by atoms with van der Waals surface area (Å²) in [6.07, 6.45) is 3.64. The highest BCUT2D eigenvalue weighted by Gasteiger charge is 2.14. The average Bonchev–Trinajstić information content (AvgIpc) is 3.01. The zero-order chi connectivity index (χ0) is 17.8. The lowest BCUT2D eigenvalue weighted by Crippen LogP contribution is -2.25. The summed E-state index contributed by atoms with van der Waals surface area (Å²) in [5, 5.41) is 8.26. The number of hydrogen-bond acceptors (Lipinski definition) is 3. The Bertz CT molecular complexity index is 868. The van der Waals surface area contributed by atoms with E-state index in [1.54, 1.807) is 6.20 Å². The molecule has 3 rings (SSSR count). The Labute approximate surface area is 148 Å². The summed E-state index contributed by atoms with van der Waals surface area (Å²) in [5.74, 6) is -0.0720. The molecule has 0 unspecified atom stereocenters. The van der Waals surface area contributed by atoms with Crippen LogP contribution in [0.5, 0.6) is 0 Å². The molecule has 130 valence electrons. The highest BCUT2D eigenvalue weighted by Crippen LogP contribution is 2.19. The van der Waals surface area contributed by atoms with E-state index in [1.807, 2.05) is 35.9 Å². The molecule has 0 spiro atoms. The van der Waals surface area contributed by atoms with Crippen LogP contribution >= 0.6 is 0 Å². The number of aromatic nitrogens is 3. The molecule has 2 heterocycles. The third kappa shape index (κ3) is 3.87. The maximum atomic E-state index is 12.5. The van der Waals surface area contributed by atoms with Gasteiger partial charge >= 0.3 is 0 Å². The molecule has 0 atom stereocenters. The van der Waals surface area contributed by atoms with Crippen molar-refractivity contribution in [2.45, 2.75) is 39.7 Å². The number of rotatable bonds is 6. The predicted octanol–water partition coefficient (Wildman–Crippen LogP) is 3.68. The number of amides is 1. The largest absolute Gasteiger partial charge is 0.352 e. The van der Waals surface area contributed by atoms with Gasteiger partial charge in [-0.2, -0.15) is 5.10 Å². The van der Waals surface area contributed by atoms with Crippen LogP contribution in [0.4, 0.5) is 0 Å². The van der Waals surface area contributed by atoms with Crippen LogP contribution in [0.2, 0.25) is 0 Å². The third-order valence-electron chi connectivity index (χ3n) is 4.26. The maximum Gasteiger partial charge on any atom is 0.253 e. The minimum Gasteiger partial charge on any atom is -0.352 e. The fourth-order valence-corrected chi connectivity index (χ4v) is 2.91. The number of pyridine rings is 1. The van der Waals surface area contributed by atoms with Crippen LogP contribution in [0.1, 0.15) is 47.9 Å². The molecule has 0 saturated carbocycles. The zero-order valence-electron chi connectivity index (χ0n) is 15.0. The van der Waals surface area contributed by atoms with Crippen LogP contribution < -0.4 is 5.32 Å². The quantitative estimate of drug-likeness (QED) is 0.699. The smallest absolute Gasteiger partial charge is 0.253 e. The van der Waals surface area contributed by atoms with Gasteiger partial charge in [0, 0.05) is 18.0 Å². The predicted molar refractivity (Wildman–Crippen MR) is 99.7 cm³/mol. The molecule has 0 bridgehead atoms. The minimum absolute atomic E-state index is 0.0720. The molecule has 3 aromatic rings. The van der Waals surface area contributed by atoms with Gasteiger partial charge in [-0.3, -0.25) is 4.79 Å². The SMILES string of the molecule is Cc1nc2c(cnn2C(C)C)cc1C(=O)NCCCc1ccccc1. The minimum atomic E-state index is -0.0720. The summed E-state index contributed by atoms with van der Waals surface area (Å²) in [6, 6.07) is 12.4. The Morgan fingerprint density at radius 1 is 1.24 bits per heavy atom. The van der Waals surface area contributed by atoms with Crippen LogP contribution in [0.25, 0.3) is 11.0 Å². The van der Waals surface area contributed by atoms with Gasteiger partial charge in [0.1, 0.15) is 0 Å². The van der Waals surface area contributed by atoms with Gasteiger partial charge in [-0.25, -0.2) is 9.67 Å². The van der Waals surface area contributed by atoms with E-state index in [0.29, 0.717) is 12.1 Å². The molecule has 0 saturated heterocycles. The van der Waals surface area contributed by atoms with E-state index in [1.165, 1.54) is 5.56 Å². The number of aryl methyl sites for hydroxylation is 2. The molecule has 0 aliphatic carbocycles. The second-order valence-electron chi connectivity index (χ2n) is 6.56. The lowest BCUT2D eigenvalue weighted by molar-refractivity contribution is 0.0952. The van der Waals surface area contributed by atoms with E-state index in [4.69, 9.17) is 0 Å². The van der Waals surface area contributed by atoms with E-state index in [2.05, 4.69) is 41.4 Å². The van der Waals surface area contributed by atoms with Crippen molar-refractivity contribution in [1.29, 1.82) is 0 Å². The van der Waals surface area contributed by atoms with Crippen molar-refractivity contribution in [1.82, 2.24) is 20.1 Å². The summed E-state index contributed by atoms with van der Waals surface area (Å²) in [7, 11) is 0. The fourth-order valence-electron chi connectivity index (χ4n) is 2.91. The molecule has 2 aromatic heterocycles. The lowest BCUT2D eigenvalue weighted by atomic mass is 10.1. The van der Waals surface area contributed by atoms with E-state index < -0.39 is 0 Å². The van der Waals surface area contributed by atoms with Crippen LogP contribution in [0, 0.1) is 6.92 Å². The highest BCUT2D eigenvalue weighted by molar-refractivity contribution is 5.98. The second-order valence-corrected chi connectivity index (χ2v) is 6.56. The molecule has 25 heavy (non-hydrogen) atoms. The van der Waals surface area contributed by atoms with Crippen molar-refractivity contribution >= 4 is 16.9 Å². The maximum absolute atomic E-state index is 12.5. The fraction of sp³-hybridized carbons (Fsp3) is 0.350. The number of fused-ring (bicyclic) bond motifs is 1. The number of benzene rings is 1. The molecule has 0 aliphatic rings. The van der Waals surface area contributed by atoms with Crippen molar-refractivity contribution in [2.75, 3.05) is 6.54 Å². The summed E-state index contributed by atoms with van der Waals surface area (Å²) in [6.45, 7) is 6.65. The standard InChI is InChI=1S/C20H24N4O/c1-14(2)24-19-17(13-22-24)12-18(15(3)23-19)20(25)21-11-7-10-16-8-5-4-6-9-16/h4-6,8-9,12-14H,7,10-11H2,1-3H3,(H,21,25). The Hall–Kier alpha value is -2.69. The van der Waals surface area contributed by atoms with Gasteiger partial charge in [-0.05, 0) is 45.2 Å². The van der Waals surface area contributed by atoms with Gasteiger partial charge in [0.2, 0.25) is 0 Å². The van der Waals surface area contributed by atoms with Gasteiger partial charge in [0.25, 0.3) is 5.91 Å². The normalized spacial score (nSPS) is 11.2. The number of hydrogen-bond donors (Lipinski definition) is 1. The first-order chi connectivity index (χ1) is 12.1. The van der Waals surface area contributed by atoms with Crippen molar-refractivity contribution in [2.24, 2.45) is 0 Å². The molecule has 1 amide bonds. The average molecular weight is 336 g/mol. The molecular formula is C20H24N4O. The number of carbonyl (C=O) groups is 1. The molecule has 5 heteroatoms. The third-order valence-corrected chi connectivity index (χ3v) is 4.26. The number of nitrogens with one attached hydrogen (secondary N) is 1. The Balaban J connectivity index is 1.64. The Morgan fingerprint density at radius 3 is 2.72 bits per heavy atom. The van der Waals surface area contributed by atoms with Gasteiger partial charge < -0.3 is 5.32 Å². The second kappa shape index (κ2) is 7.47. The van der Waals surface area contributed by atoms with E-state index >= 15 is 0 Å². The van der Waals surface area contributed by atoms with E-state index in [9.17, 15) is 4.79 Å². The van der Waals surface area contributed by atoms with Crippen molar-refractivity contribution in [3.8, 4) is 0 Å². The molecule has 5 nitrogen and oxygen atoms in total. The van der Waals surface area contributed by atoms with Crippen LogP contribution in [0.15, 0.2) is 42.6 Å². The summed E-state index contributed by atoms with van der Waals surface area (Å²) in [5.41, 5.74) is 3.47. The molecule has 0 fully saturated rings. The molecule has 0 radical (unpaired) electrons. The molecule has 1 aromatic carbocycles. The van der Waals surface area contributed by atoms with Crippen LogP contribution in [-0.2, 0) is 6.42 Å². The first-order valence-electron chi connectivity index (χ1n) is 8.73. The first kappa shape index (κ1) is 17.1. The van der Waals surface area contributed by atoms with Gasteiger partial charge in [0.05, 0.1) is 17.5 Å². The van der Waals surface area contributed by atoms with Gasteiger partial charge in [0.15, 0.2) is 5.65 Å². The van der Waals surface area contributed by atoms with Crippen LogP contribution in [-0.4, -0.2) is 27.2 Å².